The fraction of sp³-hybridized carbons (Fsp3) is 0.0556. The van der Waals surface area contributed by atoms with Crippen molar-refractivity contribution in [1.29, 1.82) is 0 Å². The average molecular weight is 263 g/mol. The Kier molecular flexibility index (Phi) is 3.55. The Balaban J connectivity index is 2.05. The molecule has 1 heterocycles. The van der Waals surface area contributed by atoms with Crippen molar-refractivity contribution in [2.75, 3.05) is 7.11 Å². The molecule has 0 saturated heterocycles. The highest BCUT2D eigenvalue weighted by atomic mass is 16.5. The lowest BCUT2D eigenvalue weighted by molar-refractivity contribution is 0.414. The number of furan rings is 1. The van der Waals surface area contributed by atoms with Crippen molar-refractivity contribution < 1.29 is 9.15 Å². The van der Waals surface area contributed by atoms with Gasteiger partial charge in [-0.15, -0.1) is 0 Å². The maximum absolute atomic E-state index is 5.59. The van der Waals surface area contributed by atoms with E-state index in [4.69, 9.17) is 9.15 Å². The van der Waals surface area contributed by atoms with Gasteiger partial charge in [0.1, 0.15) is 11.5 Å². The van der Waals surface area contributed by atoms with Crippen molar-refractivity contribution in [3.05, 3.63) is 95.8 Å². The summed E-state index contributed by atoms with van der Waals surface area (Å²) in [5.41, 5.74) is 2.24. The lowest BCUT2D eigenvalue weighted by Gasteiger charge is -2.15. The molecule has 99 valence electrons. The van der Waals surface area contributed by atoms with Gasteiger partial charge in [-0.25, -0.2) is 0 Å². The second kappa shape index (κ2) is 5.66. The monoisotopic (exact) mass is 263 g/mol. The highest BCUT2D eigenvalue weighted by Gasteiger charge is 2.20. The summed E-state index contributed by atoms with van der Waals surface area (Å²) in [4.78, 5) is 0. The molecule has 0 atom stereocenters. The number of ether oxygens (including phenoxy) is 1. The van der Waals surface area contributed by atoms with Gasteiger partial charge in [0.05, 0.1) is 19.3 Å². The van der Waals surface area contributed by atoms with Crippen molar-refractivity contribution in [3.63, 3.8) is 0 Å². The molecule has 2 heteroatoms. The standard InChI is InChI=1S/C18H15O2/c1-19-16-11-9-15(10-12-16)18(17-8-5-13-20-17)14-6-3-2-4-7-14/h2-13H,1H3. The molecule has 0 aliphatic rings. The van der Waals surface area contributed by atoms with Gasteiger partial charge < -0.3 is 9.15 Å². The van der Waals surface area contributed by atoms with E-state index in [1.165, 1.54) is 0 Å². The smallest absolute Gasteiger partial charge is 0.120 e. The molecule has 0 fully saturated rings. The number of rotatable bonds is 4. The van der Waals surface area contributed by atoms with Crippen LogP contribution in [-0.2, 0) is 0 Å². The molecule has 0 aliphatic carbocycles. The molecule has 0 unspecified atom stereocenters. The maximum Gasteiger partial charge on any atom is 0.120 e. The number of hydrogen-bond acceptors (Lipinski definition) is 2. The largest absolute Gasteiger partial charge is 0.497 e. The van der Waals surface area contributed by atoms with Crippen molar-refractivity contribution >= 4 is 0 Å². The normalized spacial score (nSPS) is 10.7. The summed E-state index contributed by atoms with van der Waals surface area (Å²) >= 11 is 0. The first-order valence-electron chi connectivity index (χ1n) is 6.49. The van der Waals surface area contributed by atoms with Crippen LogP contribution >= 0.6 is 0 Å². The Morgan fingerprint density at radius 1 is 0.800 bits per heavy atom. The molecule has 0 saturated carbocycles. The topological polar surface area (TPSA) is 22.4 Å². The highest BCUT2D eigenvalue weighted by molar-refractivity contribution is 5.54. The van der Waals surface area contributed by atoms with Crippen LogP contribution in [0.2, 0.25) is 0 Å². The Hall–Kier alpha value is -2.48. The number of hydrogen-bond donors (Lipinski definition) is 0. The van der Waals surface area contributed by atoms with Gasteiger partial charge in [-0.05, 0) is 35.4 Å². The lowest BCUT2D eigenvalue weighted by Crippen LogP contribution is -2.03. The Labute approximate surface area is 118 Å². The fourth-order valence-corrected chi connectivity index (χ4v) is 2.23. The number of benzene rings is 2. The van der Waals surface area contributed by atoms with E-state index in [-0.39, 0.29) is 0 Å². The zero-order valence-corrected chi connectivity index (χ0v) is 11.2. The van der Waals surface area contributed by atoms with Crippen LogP contribution in [0.15, 0.2) is 77.4 Å². The van der Waals surface area contributed by atoms with E-state index in [1.54, 1.807) is 13.4 Å². The van der Waals surface area contributed by atoms with E-state index in [0.717, 1.165) is 28.6 Å². The Bertz CT molecular complexity index is 640. The van der Waals surface area contributed by atoms with Crippen LogP contribution in [0.1, 0.15) is 16.9 Å². The van der Waals surface area contributed by atoms with Gasteiger partial charge >= 0.3 is 0 Å². The molecule has 0 bridgehead atoms. The van der Waals surface area contributed by atoms with Crippen LogP contribution in [0.5, 0.6) is 5.75 Å². The summed E-state index contributed by atoms with van der Waals surface area (Å²) in [6.07, 6.45) is 1.70. The molecule has 0 aliphatic heterocycles. The first kappa shape index (κ1) is 12.5. The summed E-state index contributed by atoms with van der Waals surface area (Å²) in [5.74, 6) is 2.79. The van der Waals surface area contributed by atoms with Crippen LogP contribution in [0.25, 0.3) is 0 Å². The van der Waals surface area contributed by atoms with E-state index in [1.807, 2.05) is 54.6 Å². The average Bonchev–Trinajstić information content (AvgIpc) is 3.03. The zero-order valence-electron chi connectivity index (χ0n) is 11.2. The van der Waals surface area contributed by atoms with Gasteiger partial charge in [0.15, 0.2) is 0 Å². The highest BCUT2D eigenvalue weighted by Crippen LogP contribution is 2.31. The van der Waals surface area contributed by atoms with Crippen LogP contribution < -0.4 is 4.74 Å². The predicted octanol–water partition coefficient (Wildman–Crippen LogP) is 4.31. The Morgan fingerprint density at radius 3 is 2.10 bits per heavy atom. The van der Waals surface area contributed by atoms with E-state index in [9.17, 15) is 0 Å². The van der Waals surface area contributed by atoms with Crippen LogP contribution in [0, 0.1) is 5.92 Å². The molecule has 1 radical (unpaired) electrons. The minimum atomic E-state index is 0.848. The SMILES string of the molecule is COc1ccc([C](c2ccccc2)c2ccco2)cc1. The summed E-state index contributed by atoms with van der Waals surface area (Å²) in [6.45, 7) is 0. The second-order valence-corrected chi connectivity index (χ2v) is 4.45. The maximum atomic E-state index is 5.59. The molecule has 0 spiro atoms. The fourth-order valence-electron chi connectivity index (χ4n) is 2.23. The molecule has 2 aromatic carbocycles. The second-order valence-electron chi connectivity index (χ2n) is 4.45. The third kappa shape index (κ3) is 2.45. The van der Waals surface area contributed by atoms with E-state index in [0.29, 0.717) is 0 Å². The minimum absolute atomic E-state index is 0.848. The molecule has 0 N–H and O–H groups in total. The Morgan fingerprint density at radius 2 is 1.50 bits per heavy atom. The van der Waals surface area contributed by atoms with Gasteiger partial charge in [-0.3, -0.25) is 0 Å². The molecular formula is C18H15O2. The predicted molar refractivity (Wildman–Crippen MR) is 78.7 cm³/mol. The summed E-state index contributed by atoms with van der Waals surface area (Å²) in [7, 11) is 1.67. The first-order valence-corrected chi connectivity index (χ1v) is 6.49. The van der Waals surface area contributed by atoms with Gasteiger partial charge in [0.25, 0.3) is 0 Å². The molecule has 3 aromatic rings. The lowest BCUT2D eigenvalue weighted by atomic mass is 9.89. The summed E-state index contributed by atoms with van der Waals surface area (Å²) in [6, 6.07) is 22.1. The quantitative estimate of drug-likeness (QED) is 0.700. The van der Waals surface area contributed by atoms with Crippen molar-refractivity contribution in [2.45, 2.75) is 0 Å². The van der Waals surface area contributed by atoms with Crippen LogP contribution in [0.3, 0.4) is 0 Å². The van der Waals surface area contributed by atoms with E-state index in [2.05, 4.69) is 12.1 Å². The van der Waals surface area contributed by atoms with Gasteiger partial charge in [-0.1, -0.05) is 42.5 Å². The summed E-state index contributed by atoms with van der Waals surface area (Å²) in [5, 5.41) is 0. The third-order valence-corrected chi connectivity index (χ3v) is 3.21. The van der Waals surface area contributed by atoms with Crippen LogP contribution in [0.4, 0.5) is 0 Å². The molecular weight excluding hydrogens is 248 g/mol. The van der Waals surface area contributed by atoms with E-state index >= 15 is 0 Å². The molecule has 3 rings (SSSR count). The van der Waals surface area contributed by atoms with E-state index < -0.39 is 0 Å². The van der Waals surface area contributed by atoms with Crippen molar-refractivity contribution in [1.82, 2.24) is 0 Å². The minimum Gasteiger partial charge on any atom is -0.497 e. The van der Waals surface area contributed by atoms with Crippen LogP contribution in [-0.4, -0.2) is 7.11 Å². The van der Waals surface area contributed by atoms with Gasteiger partial charge in [0, 0.05) is 0 Å². The molecule has 2 nitrogen and oxygen atoms in total. The summed E-state index contributed by atoms with van der Waals surface area (Å²) < 4.78 is 10.8. The number of methoxy groups -OCH3 is 1. The van der Waals surface area contributed by atoms with Gasteiger partial charge in [0.2, 0.25) is 0 Å². The van der Waals surface area contributed by atoms with Crippen molar-refractivity contribution in [2.24, 2.45) is 0 Å². The first-order chi connectivity index (χ1) is 9.88. The molecule has 1 aromatic heterocycles. The van der Waals surface area contributed by atoms with Crippen molar-refractivity contribution in [3.8, 4) is 5.75 Å². The third-order valence-electron chi connectivity index (χ3n) is 3.21. The van der Waals surface area contributed by atoms with Gasteiger partial charge in [-0.2, -0.15) is 0 Å². The molecule has 20 heavy (non-hydrogen) atoms. The molecule has 0 amide bonds. The zero-order chi connectivity index (χ0) is 13.8.